The van der Waals surface area contributed by atoms with Crippen molar-refractivity contribution in [3.63, 3.8) is 0 Å². The van der Waals surface area contributed by atoms with Crippen LogP contribution in [0.4, 0.5) is 0 Å². The van der Waals surface area contributed by atoms with Gasteiger partial charge in [-0.15, -0.1) is 0 Å². The van der Waals surface area contributed by atoms with Gasteiger partial charge in [-0.2, -0.15) is 0 Å². The lowest BCUT2D eigenvalue weighted by Crippen LogP contribution is -2.13. The average Bonchev–Trinajstić information content (AvgIpc) is 2.39. The maximum absolute atomic E-state index is 11.5. The number of rotatable bonds is 0. The first-order valence-electron chi connectivity index (χ1n) is 3.93. The van der Waals surface area contributed by atoms with E-state index in [1.54, 1.807) is 31.2 Å². The van der Waals surface area contributed by atoms with Gasteiger partial charge in [0.15, 0.2) is 0 Å². The summed E-state index contributed by atoms with van der Waals surface area (Å²) in [5.74, 6) is 0. The number of fused-ring (bicyclic) bond motifs is 1. The molecule has 1 aromatic carbocycles. The molecule has 1 aliphatic rings. The fourth-order valence-electron chi connectivity index (χ4n) is 1.39. The number of sulfonamides is 1. The molecular formula is C9H9NO2S. The standard InChI is InChI=1S/C9H9NO2S/c1-2-8-7-5-3-4-6-9(7)13(11,12)10-8/h2-6,10H,1H3. The summed E-state index contributed by atoms with van der Waals surface area (Å²) in [5, 5.41) is 0. The van der Waals surface area contributed by atoms with Crippen LogP contribution in [0.2, 0.25) is 0 Å². The molecule has 68 valence electrons. The second-order valence-corrected chi connectivity index (χ2v) is 4.45. The first-order valence-corrected chi connectivity index (χ1v) is 5.42. The Morgan fingerprint density at radius 1 is 1.31 bits per heavy atom. The lowest BCUT2D eigenvalue weighted by molar-refractivity contribution is 0.594. The molecule has 1 N–H and O–H groups in total. The Hall–Kier alpha value is -1.29. The molecule has 0 atom stereocenters. The van der Waals surface area contributed by atoms with Crippen LogP contribution in [0, 0.1) is 0 Å². The smallest absolute Gasteiger partial charge is 0.262 e. The van der Waals surface area contributed by atoms with Crippen molar-refractivity contribution in [1.29, 1.82) is 0 Å². The molecule has 0 radical (unpaired) electrons. The van der Waals surface area contributed by atoms with Crippen LogP contribution in [0.15, 0.2) is 35.2 Å². The van der Waals surface area contributed by atoms with Gasteiger partial charge in [0.05, 0.1) is 10.6 Å². The maximum atomic E-state index is 11.5. The summed E-state index contributed by atoms with van der Waals surface area (Å²) < 4.78 is 25.4. The molecule has 0 spiro atoms. The van der Waals surface area contributed by atoms with E-state index in [0.29, 0.717) is 10.6 Å². The predicted molar refractivity (Wildman–Crippen MR) is 50.4 cm³/mol. The molecule has 0 aromatic heterocycles. The van der Waals surface area contributed by atoms with E-state index >= 15 is 0 Å². The van der Waals surface area contributed by atoms with Crippen molar-refractivity contribution in [2.45, 2.75) is 11.8 Å². The highest BCUT2D eigenvalue weighted by Crippen LogP contribution is 2.28. The van der Waals surface area contributed by atoms with Crippen LogP contribution in [-0.4, -0.2) is 8.42 Å². The van der Waals surface area contributed by atoms with Gasteiger partial charge in [0.2, 0.25) is 0 Å². The zero-order chi connectivity index (χ0) is 9.47. The molecule has 1 aromatic rings. The van der Waals surface area contributed by atoms with Crippen molar-refractivity contribution < 1.29 is 8.42 Å². The minimum absolute atomic E-state index is 0.364. The third-order valence-corrected chi connectivity index (χ3v) is 3.42. The minimum Gasteiger partial charge on any atom is -0.279 e. The fourth-order valence-corrected chi connectivity index (χ4v) is 2.75. The van der Waals surface area contributed by atoms with Crippen molar-refractivity contribution >= 4 is 15.7 Å². The van der Waals surface area contributed by atoms with Crippen molar-refractivity contribution in [2.75, 3.05) is 0 Å². The highest BCUT2D eigenvalue weighted by atomic mass is 32.2. The summed E-state index contributed by atoms with van der Waals surface area (Å²) >= 11 is 0. The first-order chi connectivity index (χ1) is 6.15. The highest BCUT2D eigenvalue weighted by Gasteiger charge is 2.27. The summed E-state index contributed by atoms with van der Waals surface area (Å²) in [6, 6.07) is 6.94. The SMILES string of the molecule is CC=C1NS(=O)(=O)c2ccccc21. The molecule has 1 aliphatic heterocycles. The van der Waals surface area contributed by atoms with Crippen LogP contribution in [0.25, 0.3) is 5.70 Å². The van der Waals surface area contributed by atoms with E-state index in [1.807, 2.05) is 6.07 Å². The third kappa shape index (κ3) is 1.14. The Bertz CT molecular complexity index is 474. The summed E-state index contributed by atoms with van der Waals surface area (Å²) in [7, 11) is -3.29. The summed E-state index contributed by atoms with van der Waals surface area (Å²) in [5.41, 5.74) is 1.42. The monoisotopic (exact) mass is 195 g/mol. The van der Waals surface area contributed by atoms with Crippen molar-refractivity contribution in [2.24, 2.45) is 0 Å². The van der Waals surface area contributed by atoms with E-state index in [2.05, 4.69) is 4.72 Å². The number of hydrogen-bond donors (Lipinski definition) is 1. The summed E-state index contributed by atoms with van der Waals surface area (Å²) in [6.07, 6.45) is 1.75. The molecule has 2 rings (SSSR count). The van der Waals surface area contributed by atoms with Gasteiger partial charge >= 0.3 is 0 Å². The van der Waals surface area contributed by atoms with Crippen molar-refractivity contribution in [3.8, 4) is 0 Å². The van der Waals surface area contributed by atoms with Crippen LogP contribution in [-0.2, 0) is 10.0 Å². The van der Waals surface area contributed by atoms with E-state index in [1.165, 1.54) is 0 Å². The van der Waals surface area contributed by atoms with Gasteiger partial charge < -0.3 is 0 Å². The molecule has 13 heavy (non-hydrogen) atoms. The van der Waals surface area contributed by atoms with Gasteiger partial charge in [-0.05, 0) is 13.0 Å². The third-order valence-electron chi connectivity index (χ3n) is 2.00. The lowest BCUT2D eigenvalue weighted by Gasteiger charge is -1.94. The minimum atomic E-state index is -3.29. The van der Waals surface area contributed by atoms with Gasteiger partial charge in [-0.1, -0.05) is 24.3 Å². The quantitative estimate of drug-likeness (QED) is 0.679. The topological polar surface area (TPSA) is 46.2 Å². The van der Waals surface area contributed by atoms with Crippen LogP contribution in [0.5, 0.6) is 0 Å². The van der Waals surface area contributed by atoms with Crippen LogP contribution >= 0.6 is 0 Å². The van der Waals surface area contributed by atoms with E-state index in [9.17, 15) is 8.42 Å². The molecular weight excluding hydrogens is 186 g/mol. The van der Waals surface area contributed by atoms with E-state index in [4.69, 9.17) is 0 Å². The number of nitrogens with one attached hydrogen (secondary N) is 1. The fraction of sp³-hybridized carbons (Fsp3) is 0.111. The molecule has 0 saturated heterocycles. The number of allylic oxidation sites excluding steroid dienone is 1. The Labute approximate surface area is 77.1 Å². The Balaban J connectivity index is 2.79. The average molecular weight is 195 g/mol. The van der Waals surface area contributed by atoms with Gasteiger partial charge in [-0.25, -0.2) is 8.42 Å². The normalized spacial score (nSPS) is 21.2. The molecule has 4 heteroatoms. The van der Waals surface area contributed by atoms with E-state index < -0.39 is 10.0 Å². The first kappa shape index (κ1) is 8.31. The number of benzene rings is 1. The molecule has 0 aliphatic carbocycles. The van der Waals surface area contributed by atoms with E-state index in [-0.39, 0.29) is 0 Å². The molecule has 0 bridgehead atoms. The van der Waals surface area contributed by atoms with E-state index in [0.717, 1.165) is 5.56 Å². The second kappa shape index (κ2) is 2.60. The Kier molecular flexibility index (Phi) is 1.66. The molecule has 3 nitrogen and oxygen atoms in total. The molecule has 0 fully saturated rings. The predicted octanol–water partition coefficient (Wildman–Crippen LogP) is 1.34. The lowest BCUT2D eigenvalue weighted by atomic mass is 10.1. The Morgan fingerprint density at radius 2 is 2.00 bits per heavy atom. The Morgan fingerprint density at radius 3 is 2.69 bits per heavy atom. The van der Waals surface area contributed by atoms with Crippen molar-refractivity contribution in [3.05, 3.63) is 35.9 Å². The summed E-state index contributed by atoms with van der Waals surface area (Å²) in [6.45, 7) is 1.81. The molecule has 0 amide bonds. The molecule has 1 heterocycles. The summed E-state index contributed by atoms with van der Waals surface area (Å²) in [4.78, 5) is 0.364. The van der Waals surface area contributed by atoms with Gasteiger partial charge in [0, 0.05) is 5.56 Å². The van der Waals surface area contributed by atoms with Crippen molar-refractivity contribution in [1.82, 2.24) is 4.72 Å². The maximum Gasteiger partial charge on any atom is 0.262 e. The van der Waals surface area contributed by atoms with Crippen LogP contribution in [0.1, 0.15) is 12.5 Å². The van der Waals surface area contributed by atoms with Crippen LogP contribution in [0.3, 0.4) is 0 Å². The highest BCUT2D eigenvalue weighted by molar-refractivity contribution is 7.90. The molecule has 0 unspecified atom stereocenters. The zero-order valence-electron chi connectivity index (χ0n) is 7.11. The molecule has 0 saturated carbocycles. The second-order valence-electron chi connectivity index (χ2n) is 2.80. The van der Waals surface area contributed by atoms with Gasteiger partial charge in [-0.3, -0.25) is 4.72 Å². The van der Waals surface area contributed by atoms with Gasteiger partial charge in [0.25, 0.3) is 10.0 Å². The van der Waals surface area contributed by atoms with Crippen LogP contribution < -0.4 is 4.72 Å². The van der Waals surface area contributed by atoms with Gasteiger partial charge in [0.1, 0.15) is 0 Å². The largest absolute Gasteiger partial charge is 0.279 e. The number of hydrogen-bond acceptors (Lipinski definition) is 2. The zero-order valence-corrected chi connectivity index (χ0v) is 7.93.